The molecule has 1 saturated carbocycles. The zero-order chi connectivity index (χ0) is 14.4. The minimum Gasteiger partial charge on any atom is -0.343 e. The predicted molar refractivity (Wildman–Crippen MR) is 83.4 cm³/mol. The van der Waals surface area contributed by atoms with Crippen LogP contribution < -0.4 is 5.73 Å². The van der Waals surface area contributed by atoms with E-state index in [1.807, 2.05) is 0 Å². The van der Waals surface area contributed by atoms with Crippen molar-refractivity contribution in [2.45, 2.75) is 71.1 Å². The molecule has 0 aromatic heterocycles. The maximum absolute atomic E-state index is 12.3. The van der Waals surface area contributed by atoms with E-state index in [-0.39, 0.29) is 0 Å². The second kappa shape index (κ2) is 7.44. The van der Waals surface area contributed by atoms with Crippen LogP contribution >= 0.6 is 0 Å². The Bertz CT molecular complexity index is 300. The minimum atomic E-state index is 0.375. The monoisotopic (exact) mass is 280 g/mol. The highest BCUT2D eigenvalue weighted by Gasteiger charge is 2.36. The fraction of sp³-hybridized carbons (Fsp3) is 0.941. The molecule has 1 amide bonds. The number of hydrogen-bond acceptors (Lipinski definition) is 2. The van der Waals surface area contributed by atoms with Crippen LogP contribution in [-0.4, -0.2) is 30.4 Å². The molecule has 1 unspecified atom stereocenters. The molecule has 1 atom stereocenters. The highest BCUT2D eigenvalue weighted by Crippen LogP contribution is 2.44. The van der Waals surface area contributed by atoms with Gasteiger partial charge in [-0.05, 0) is 56.4 Å². The summed E-state index contributed by atoms with van der Waals surface area (Å²) >= 11 is 0. The number of piperidine rings is 1. The Balaban J connectivity index is 1.71. The summed E-state index contributed by atoms with van der Waals surface area (Å²) in [6.45, 7) is 4.95. The Labute approximate surface area is 124 Å². The molecule has 1 aliphatic heterocycles. The topological polar surface area (TPSA) is 46.3 Å². The number of hydrogen-bond donors (Lipinski definition) is 1. The van der Waals surface area contributed by atoms with E-state index in [1.54, 1.807) is 0 Å². The first-order valence-electron chi connectivity index (χ1n) is 8.63. The summed E-state index contributed by atoms with van der Waals surface area (Å²) in [6.07, 6.45) is 12.3. The highest BCUT2D eigenvalue weighted by molar-refractivity contribution is 5.76. The Morgan fingerprint density at radius 2 is 1.75 bits per heavy atom. The van der Waals surface area contributed by atoms with Gasteiger partial charge in [-0.15, -0.1) is 0 Å². The standard InChI is InChI=1S/C17H32N2O/c1-15(7-12-18)5-6-16(20)19-13-10-17(11-14-19)8-3-2-4-9-17/h15H,2-14,18H2,1H3. The number of carbonyl (C=O) groups excluding carboxylic acids is 1. The van der Waals surface area contributed by atoms with Crippen molar-refractivity contribution in [3.05, 3.63) is 0 Å². The molecular formula is C17H32N2O. The fourth-order valence-corrected chi connectivity index (χ4v) is 3.99. The van der Waals surface area contributed by atoms with Gasteiger partial charge < -0.3 is 10.6 Å². The van der Waals surface area contributed by atoms with E-state index >= 15 is 0 Å². The maximum atomic E-state index is 12.3. The zero-order valence-electron chi connectivity index (χ0n) is 13.2. The molecule has 2 fully saturated rings. The largest absolute Gasteiger partial charge is 0.343 e. The molecule has 0 bridgehead atoms. The van der Waals surface area contributed by atoms with E-state index in [2.05, 4.69) is 11.8 Å². The molecule has 20 heavy (non-hydrogen) atoms. The van der Waals surface area contributed by atoms with Crippen molar-refractivity contribution >= 4 is 5.91 Å². The lowest BCUT2D eigenvalue weighted by Crippen LogP contribution is -2.43. The van der Waals surface area contributed by atoms with Crippen LogP contribution in [0.5, 0.6) is 0 Å². The molecule has 0 aromatic carbocycles. The van der Waals surface area contributed by atoms with Crippen molar-refractivity contribution in [3.63, 3.8) is 0 Å². The summed E-state index contributed by atoms with van der Waals surface area (Å²) in [5.41, 5.74) is 6.16. The summed E-state index contributed by atoms with van der Waals surface area (Å²) in [7, 11) is 0. The number of carbonyl (C=O) groups is 1. The Morgan fingerprint density at radius 3 is 2.35 bits per heavy atom. The van der Waals surface area contributed by atoms with Crippen LogP contribution in [-0.2, 0) is 4.79 Å². The fourth-order valence-electron chi connectivity index (χ4n) is 3.99. The molecule has 2 N–H and O–H groups in total. The third-order valence-electron chi connectivity index (χ3n) is 5.60. The Hall–Kier alpha value is -0.570. The van der Waals surface area contributed by atoms with Crippen molar-refractivity contribution < 1.29 is 4.79 Å². The van der Waals surface area contributed by atoms with E-state index in [0.29, 0.717) is 23.7 Å². The van der Waals surface area contributed by atoms with E-state index < -0.39 is 0 Å². The van der Waals surface area contributed by atoms with Gasteiger partial charge in [0.15, 0.2) is 0 Å². The number of nitrogens with two attached hydrogens (primary N) is 1. The van der Waals surface area contributed by atoms with Crippen molar-refractivity contribution in [3.8, 4) is 0 Å². The van der Waals surface area contributed by atoms with Crippen LogP contribution in [0.3, 0.4) is 0 Å². The Kier molecular flexibility index (Phi) is 5.88. The highest BCUT2D eigenvalue weighted by atomic mass is 16.2. The second-order valence-electron chi connectivity index (χ2n) is 7.16. The normalized spacial score (nSPS) is 23.8. The zero-order valence-corrected chi connectivity index (χ0v) is 13.2. The SMILES string of the molecule is CC(CCN)CCC(=O)N1CCC2(CCCCC2)CC1. The van der Waals surface area contributed by atoms with Gasteiger partial charge in [0, 0.05) is 19.5 Å². The van der Waals surface area contributed by atoms with Gasteiger partial charge in [-0.3, -0.25) is 4.79 Å². The summed E-state index contributed by atoms with van der Waals surface area (Å²) in [6, 6.07) is 0. The van der Waals surface area contributed by atoms with Crippen LogP contribution in [0.4, 0.5) is 0 Å². The van der Waals surface area contributed by atoms with Gasteiger partial charge in [-0.2, -0.15) is 0 Å². The molecule has 1 saturated heterocycles. The summed E-state index contributed by atoms with van der Waals surface area (Å²) < 4.78 is 0. The van der Waals surface area contributed by atoms with Crippen LogP contribution in [0.15, 0.2) is 0 Å². The average Bonchev–Trinajstić information content (AvgIpc) is 2.47. The number of nitrogens with zero attached hydrogens (tertiary/aromatic N) is 1. The minimum absolute atomic E-state index is 0.375. The quantitative estimate of drug-likeness (QED) is 0.839. The van der Waals surface area contributed by atoms with Gasteiger partial charge in [0.05, 0.1) is 0 Å². The first-order valence-corrected chi connectivity index (χ1v) is 8.63. The van der Waals surface area contributed by atoms with E-state index in [0.717, 1.165) is 32.5 Å². The molecule has 3 heteroatoms. The first kappa shape index (κ1) is 15.8. The van der Waals surface area contributed by atoms with E-state index in [9.17, 15) is 4.79 Å². The molecule has 1 spiro atoms. The third kappa shape index (κ3) is 4.21. The van der Waals surface area contributed by atoms with Gasteiger partial charge in [0.2, 0.25) is 5.91 Å². The molecular weight excluding hydrogens is 248 g/mol. The Morgan fingerprint density at radius 1 is 1.10 bits per heavy atom. The molecule has 0 radical (unpaired) electrons. The van der Waals surface area contributed by atoms with Crippen LogP contribution in [0.1, 0.15) is 71.1 Å². The lowest BCUT2D eigenvalue weighted by atomic mass is 9.68. The van der Waals surface area contributed by atoms with Gasteiger partial charge in [-0.1, -0.05) is 26.2 Å². The summed E-state index contributed by atoms with van der Waals surface area (Å²) in [4.78, 5) is 14.4. The summed E-state index contributed by atoms with van der Waals surface area (Å²) in [5, 5.41) is 0. The van der Waals surface area contributed by atoms with E-state index in [4.69, 9.17) is 5.73 Å². The molecule has 2 aliphatic rings. The van der Waals surface area contributed by atoms with Gasteiger partial charge >= 0.3 is 0 Å². The van der Waals surface area contributed by atoms with Crippen LogP contribution in [0.2, 0.25) is 0 Å². The smallest absolute Gasteiger partial charge is 0.222 e. The molecule has 116 valence electrons. The van der Waals surface area contributed by atoms with E-state index in [1.165, 1.54) is 44.9 Å². The van der Waals surface area contributed by atoms with Crippen LogP contribution in [0, 0.1) is 11.3 Å². The summed E-state index contributed by atoms with van der Waals surface area (Å²) in [5.74, 6) is 0.956. The predicted octanol–water partition coefficient (Wildman–Crippen LogP) is 3.32. The maximum Gasteiger partial charge on any atom is 0.222 e. The van der Waals surface area contributed by atoms with Crippen molar-refractivity contribution in [1.82, 2.24) is 4.90 Å². The van der Waals surface area contributed by atoms with Gasteiger partial charge in [0.1, 0.15) is 0 Å². The second-order valence-corrected chi connectivity index (χ2v) is 7.16. The molecule has 2 rings (SSSR count). The number of amides is 1. The lowest BCUT2D eigenvalue weighted by molar-refractivity contribution is -0.134. The number of likely N-dealkylation sites (tertiary alicyclic amines) is 1. The van der Waals surface area contributed by atoms with Crippen LogP contribution in [0.25, 0.3) is 0 Å². The molecule has 1 aliphatic carbocycles. The lowest BCUT2D eigenvalue weighted by Gasteiger charge is -2.44. The molecule has 1 heterocycles. The van der Waals surface area contributed by atoms with Crippen molar-refractivity contribution in [2.24, 2.45) is 17.1 Å². The molecule has 3 nitrogen and oxygen atoms in total. The van der Waals surface area contributed by atoms with Crippen molar-refractivity contribution in [1.29, 1.82) is 0 Å². The third-order valence-corrected chi connectivity index (χ3v) is 5.60. The average molecular weight is 280 g/mol. The van der Waals surface area contributed by atoms with Gasteiger partial charge in [-0.25, -0.2) is 0 Å². The van der Waals surface area contributed by atoms with Crippen molar-refractivity contribution in [2.75, 3.05) is 19.6 Å². The first-order chi connectivity index (χ1) is 9.65. The molecule has 0 aromatic rings. The number of rotatable bonds is 5. The van der Waals surface area contributed by atoms with Gasteiger partial charge in [0.25, 0.3) is 0 Å².